The molecule has 1 aliphatic heterocycles. The number of halogens is 1. The summed E-state index contributed by atoms with van der Waals surface area (Å²) in [6.07, 6.45) is 0. The van der Waals surface area contributed by atoms with Crippen molar-refractivity contribution in [3.63, 3.8) is 0 Å². The van der Waals surface area contributed by atoms with Gasteiger partial charge in [0.15, 0.2) is 0 Å². The van der Waals surface area contributed by atoms with Crippen LogP contribution in [-0.4, -0.2) is 61.3 Å². The maximum atomic E-state index is 13.0. The number of hydrogen-bond acceptors (Lipinski definition) is 7. The number of Topliss-reactive ketones (excluding diaryl/α,β-unsaturated/α-hetero) is 1. The van der Waals surface area contributed by atoms with Crippen molar-refractivity contribution >= 4 is 29.1 Å². The number of carbonyl (C=O) groups excluding carboxylic acids is 2. The molecule has 0 bridgehead atoms. The Morgan fingerprint density at radius 1 is 1.10 bits per heavy atom. The fourth-order valence-corrected chi connectivity index (χ4v) is 3.67. The number of ether oxygens (including phenoxy) is 3. The Morgan fingerprint density at radius 2 is 1.84 bits per heavy atom. The molecule has 0 aromatic heterocycles. The van der Waals surface area contributed by atoms with Gasteiger partial charge < -0.3 is 29.3 Å². The molecule has 0 spiro atoms. The number of aromatic hydroxyl groups is 1. The number of phenolic OH excluding ortho intramolecular Hbond substituents is 1. The molecule has 1 unspecified atom stereocenters. The molecule has 2 N–H and O–H groups in total. The van der Waals surface area contributed by atoms with Crippen LogP contribution in [0.4, 0.5) is 0 Å². The Balaban J connectivity index is 2.22. The largest absolute Gasteiger partial charge is 0.507 e. The van der Waals surface area contributed by atoms with E-state index >= 15 is 0 Å². The highest BCUT2D eigenvalue weighted by molar-refractivity contribution is 6.46. The lowest BCUT2D eigenvalue weighted by Crippen LogP contribution is -2.32. The molecule has 164 valence electrons. The molecule has 0 radical (unpaired) electrons. The normalized spacial score (nSPS) is 17.8. The van der Waals surface area contributed by atoms with Gasteiger partial charge in [-0.25, -0.2) is 0 Å². The minimum atomic E-state index is -0.931. The second-order valence-corrected chi connectivity index (χ2v) is 7.17. The summed E-state index contributed by atoms with van der Waals surface area (Å²) in [5.41, 5.74) is 0.557. The number of benzene rings is 2. The third-order valence-corrected chi connectivity index (χ3v) is 5.33. The zero-order valence-corrected chi connectivity index (χ0v) is 18.0. The van der Waals surface area contributed by atoms with Crippen LogP contribution in [0.5, 0.6) is 17.2 Å². The molecule has 8 nitrogen and oxygen atoms in total. The molecule has 9 heteroatoms. The Morgan fingerprint density at radius 3 is 2.45 bits per heavy atom. The Bertz CT molecular complexity index is 1050. The molecule has 2 aromatic rings. The van der Waals surface area contributed by atoms with E-state index in [-0.39, 0.29) is 40.8 Å². The fraction of sp³-hybridized carbons (Fsp3) is 0.273. The molecule has 3 rings (SSSR count). The molecular formula is C22H22ClNO7. The zero-order valence-electron chi connectivity index (χ0n) is 17.2. The lowest BCUT2D eigenvalue weighted by Gasteiger charge is -2.25. The Kier molecular flexibility index (Phi) is 6.72. The maximum absolute atomic E-state index is 13.0. The quantitative estimate of drug-likeness (QED) is 0.381. The van der Waals surface area contributed by atoms with Crippen LogP contribution in [0.1, 0.15) is 17.2 Å². The topological polar surface area (TPSA) is 106 Å². The minimum Gasteiger partial charge on any atom is -0.507 e. The van der Waals surface area contributed by atoms with Gasteiger partial charge in [-0.05, 0) is 29.8 Å². The molecule has 1 amide bonds. The van der Waals surface area contributed by atoms with Crippen LogP contribution < -0.4 is 9.47 Å². The predicted octanol–water partition coefficient (Wildman–Crippen LogP) is 3.13. The third-order valence-electron chi connectivity index (χ3n) is 5.03. The van der Waals surface area contributed by atoms with Crippen LogP contribution in [0.3, 0.4) is 0 Å². The van der Waals surface area contributed by atoms with Crippen molar-refractivity contribution in [1.29, 1.82) is 0 Å². The second kappa shape index (κ2) is 9.28. The van der Waals surface area contributed by atoms with Gasteiger partial charge in [0, 0.05) is 19.7 Å². The second-order valence-electron chi connectivity index (χ2n) is 6.76. The van der Waals surface area contributed by atoms with E-state index in [9.17, 15) is 19.8 Å². The van der Waals surface area contributed by atoms with E-state index in [1.165, 1.54) is 50.5 Å². The number of hydrogen-bond donors (Lipinski definition) is 2. The highest BCUT2D eigenvalue weighted by Gasteiger charge is 2.46. The summed E-state index contributed by atoms with van der Waals surface area (Å²) in [6, 6.07) is 8.12. The maximum Gasteiger partial charge on any atom is 0.295 e. The molecule has 2 aromatic carbocycles. The number of aliphatic hydroxyl groups is 1. The predicted molar refractivity (Wildman–Crippen MR) is 114 cm³/mol. The van der Waals surface area contributed by atoms with Gasteiger partial charge in [-0.1, -0.05) is 17.7 Å². The highest BCUT2D eigenvalue weighted by Crippen LogP contribution is 2.42. The van der Waals surface area contributed by atoms with E-state index in [0.717, 1.165) is 0 Å². The molecule has 1 heterocycles. The lowest BCUT2D eigenvalue weighted by atomic mass is 9.95. The van der Waals surface area contributed by atoms with Crippen LogP contribution in [-0.2, 0) is 14.3 Å². The van der Waals surface area contributed by atoms with E-state index in [4.69, 9.17) is 25.8 Å². The highest BCUT2D eigenvalue weighted by atomic mass is 35.5. The van der Waals surface area contributed by atoms with Crippen molar-refractivity contribution in [2.45, 2.75) is 6.04 Å². The average molecular weight is 448 g/mol. The van der Waals surface area contributed by atoms with Gasteiger partial charge in [0.05, 0.1) is 43.0 Å². The monoisotopic (exact) mass is 447 g/mol. The first-order valence-corrected chi connectivity index (χ1v) is 9.70. The van der Waals surface area contributed by atoms with Gasteiger partial charge in [0.1, 0.15) is 23.0 Å². The number of phenols is 1. The first-order chi connectivity index (χ1) is 14.8. The van der Waals surface area contributed by atoms with Gasteiger partial charge in [-0.15, -0.1) is 0 Å². The van der Waals surface area contributed by atoms with E-state index in [1.54, 1.807) is 12.1 Å². The van der Waals surface area contributed by atoms with E-state index in [1.807, 2.05) is 0 Å². The molecule has 1 aliphatic rings. The first-order valence-electron chi connectivity index (χ1n) is 9.32. The SMILES string of the molecule is COCCN1C(=O)C(=O)/C(=C(\O)c2ccc(OC)cc2OC)C1c1ccc(O)c(Cl)c1. The standard InChI is InChI=1S/C22H22ClNO7/c1-29-9-8-24-19(12-4-7-16(25)15(23)10-12)18(21(27)22(24)28)20(26)14-6-5-13(30-2)11-17(14)31-3/h4-7,10-11,19,25-26H,8-9H2,1-3H3/b20-18-. The zero-order chi connectivity index (χ0) is 22.7. The van der Waals surface area contributed by atoms with Crippen molar-refractivity contribution < 1.29 is 34.0 Å². The first kappa shape index (κ1) is 22.5. The van der Waals surface area contributed by atoms with Crippen molar-refractivity contribution in [1.82, 2.24) is 4.90 Å². The number of likely N-dealkylation sites (tertiary alicyclic amines) is 1. The summed E-state index contributed by atoms with van der Waals surface area (Å²) in [5, 5.41) is 21.0. The van der Waals surface area contributed by atoms with E-state index in [0.29, 0.717) is 11.3 Å². The number of aliphatic hydroxyl groups excluding tert-OH is 1. The van der Waals surface area contributed by atoms with Crippen molar-refractivity contribution in [2.24, 2.45) is 0 Å². The summed E-state index contributed by atoms with van der Waals surface area (Å²) in [7, 11) is 4.38. The molecular weight excluding hydrogens is 426 g/mol. The minimum absolute atomic E-state index is 0.0526. The summed E-state index contributed by atoms with van der Waals surface area (Å²) in [4.78, 5) is 27.0. The molecule has 31 heavy (non-hydrogen) atoms. The molecule has 0 aliphatic carbocycles. The Hall–Kier alpha value is -3.23. The molecule has 0 saturated carbocycles. The van der Waals surface area contributed by atoms with Crippen LogP contribution >= 0.6 is 11.6 Å². The summed E-state index contributed by atoms with van der Waals surface area (Å²) in [5.74, 6) is -1.40. The number of methoxy groups -OCH3 is 3. The average Bonchev–Trinajstić information content (AvgIpc) is 3.03. The number of ketones is 1. The van der Waals surface area contributed by atoms with Gasteiger partial charge in [0.2, 0.25) is 0 Å². The summed E-state index contributed by atoms with van der Waals surface area (Å²) in [6.45, 7) is 0.294. The molecule has 1 atom stereocenters. The van der Waals surface area contributed by atoms with E-state index in [2.05, 4.69) is 0 Å². The number of amides is 1. The Labute approximate surface area is 184 Å². The van der Waals surface area contributed by atoms with Gasteiger partial charge in [-0.2, -0.15) is 0 Å². The van der Waals surface area contributed by atoms with Gasteiger partial charge in [0.25, 0.3) is 11.7 Å². The van der Waals surface area contributed by atoms with Crippen LogP contribution in [0, 0.1) is 0 Å². The number of rotatable bonds is 7. The smallest absolute Gasteiger partial charge is 0.295 e. The summed E-state index contributed by atoms with van der Waals surface area (Å²) < 4.78 is 15.6. The number of nitrogens with zero attached hydrogens (tertiary/aromatic N) is 1. The summed E-state index contributed by atoms with van der Waals surface area (Å²) >= 11 is 6.07. The third kappa shape index (κ3) is 4.17. The number of carbonyl (C=O) groups is 2. The molecule has 1 saturated heterocycles. The van der Waals surface area contributed by atoms with Gasteiger partial charge in [-0.3, -0.25) is 9.59 Å². The lowest BCUT2D eigenvalue weighted by molar-refractivity contribution is -0.140. The van der Waals surface area contributed by atoms with Crippen LogP contribution in [0.15, 0.2) is 42.0 Å². The van der Waals surface area contributed by atoms with Crippen molar-refractivity contribution in [3.8, 4) is 17.2 Å². The molecule has 1 fully saturated rings. The van der Waals surface area contributed by atoms with Crippen LogP contribution in [0.25, 0.3) is 5.76 Å². The van der Waals surface area contributed by atoms with Crippen molar-refractivity contribution in [3.05, 3.63) is 58.1 Å². The fourth-order valence-electron chi connectivity index (χ4n) is 3.48. The van der Waals surface area contributed by atoms with Crippen LogP contribution in [0.2, 0.25) is 5.02 Å². The van der Waals surface area contributed by atoms with Crippen molar-refractivity contribution in [2.75, 3.05) is 34.5 Å². The van der Waals surface area contributed by atoms with E-state index < -0.39 is 23.5 Å². The van der Waals surface area contributed by atoms with Gasteiger partial charge >= 0.3 is 0 Å².